The first-order valence-electron chi connectivity index (χ1n) is 8.10. The zero-order valence-electron chi connectivity index (χ0n) is 14.4. The number of ether oxygens (including phenoxy) is 1. The smallest absolute Gasteiger partial charge is 0.406 e. The highest BCUT2D eigenvalue weighted by Crippen LogP contribution is 2.26. The summed E-state index contributed by atoms with van der Waals surface area (Å²) in [5, 5.41) is 5.92. The van der Waals surface area contributed by atoms with Gasteiger partial charge in [-0.25, -0.2) is 4.79 Å². The van der Waals surface area contributed by atoms with Gasteiger partial charge in [-0.1, -0.05) is 30.3 Å². The number of thiophene rings is 1. The predicted octanol–water partition coefficient (Wildman–Crippen LogP) is 5.14. The van der Waals surface area contributed by atoms with Crippen molar-refractivity contribution in [3.8, 4) is 5.75 Å². The third-order valence-corrected chi connectivity index (χ3v) is 4.93. The Hall–Kier alpha value is -2.74. The van der Waals surface area contributed by atoms with Crippen LogP contribution in [0.2, 0.25) is 0 Å². The third kappa shape index (κ3) is 5.13. The van der Waals surface area contributed by atoms with E-state index in [0.29, 0.717) is 12.1 Å². The zero-order valence-corrected chi connectivity index (χ0v) is 15.2. The number of hydrogen-bond acceptors (Lipinski definition) is 3. The van der Waals surface area contributed by atoms with E-state index in [-0.39, 0.29) is 18.3 Å². The molecule has 2 aromatic carbocycles. The molecule has 0 saturated carbocycles. The first-order chi connectivity index (χ1) is 12.8. The van der Waals surface area contributed by atoms with Crippen LogP contribution in [0.4, 0.5) is 18.0 Å². The molecule has 0 saturated heterocycles. The van der Waals surface area contributed by atoms with Gasteiger partial charge in [-0.3, -0.25) is 0 Å². The van der Waals surface area contributed by atoms with Crippen LogP contribution in [0.1, 0.15) is 11.1 Å². The third-order valence-electron chi connectivity index (χ3n) is 3.92. The minimum atomic E-state index is -4.72. The second kappa shape index (κ2) is 7.87. The molecule has 0 aliphatic carbocycles. The second-order valence-corrected chi connectivity index (χ2v) is 6.87. The maximum atomic E-state index is 12.3. The number of carbonyl (C=O) groups is 1. The van der Waals surface area contributed by atoms with Crippen molar-refractivity contribution in [2.45, 2.75) is 19.5 Å². The van der Waals surface area contributed by atoms with Crippen LogP contribution in [0.25, 0.3) is 10.1 Å². The van der Waals surface area contributed by atoms with Crippen LogP contribution in [0.5, 0.6) is 5.75 Å². The summed E-state index contributed by atoms with van der Waals surface area (Å²) >= 11 is 1.63. The molecule has 0 fully saturated rings. The Morgan fingerprint density at radius 2 is 1.85 bits per heavy atom. The van der Waals surface area contributed by atoms with Gasteiger partial charge >= 0.3 is 12.4 Å². The van der Waals surface area contributed by atoms with Crippen LogP contribution in [-0.4, -0.2) is 24.3 Å². The highest BCUT2D eigenvalue weighted by molar-refractivity contribution is 7.17. The Kier molecular flexibility index (Phi) is 5.55. The molecule has 0 unspecified atom stereocenters. The number of amides is 2. The largest absolute Gasteiger partial charge is 0.573 e. The lowest BCUT2D eigenvalue weighted by Crippen LogP contribution is -2.36. The van der Waals surface area contributed by atoms with Crippen molar-refractivity contribution in [2.24, 2.45) is 0 Å². The number of fused-ring (bicyclic) bond motifs is 1. The lowest BCUT2D eigenvalue weighted by molar-refractivity contribution is -0.274. The van der Waals surface area contributed by atoms with E-state index in [4.69, 9.17) is 0 Å². The Morgan fingerprint density at radius 1 is 1.15 bits per heavy atom. The van der Waals surface area contributed by atoms with Gasteiger partial charge in [-0.2, -0.15) is 0 Å². The fraction of sp³-hybridized carbons (Fsp3) is 0.211. The molecule has 142 valence electrons. The average molecular weight is 394 g/mol. The van der Waals surface area contributed by atoms with E-state index in [9.17, 15) is 18.0 Å². The Morgan fingerprint density at radius 3 is 2.56 bits per heavy atom. The van der Waals surface area contributed by atoms with Crippen LogP contribution < -0.4 is 10.1 Å². The molecule has 8 heteroatoms. The standard InChI is InChI=1S/C19H17F3N2O2S/c1-24(11-14-12-27-17-5-3-2-4-16(14)17)18(25)23-10-13-6-8-15(9-7-13)26-19(20,21)22/h2-9,12H,10-11H2,1H3,(H,23,25). The number of rotatable bonds is 5. The molecular weight excluding hydrogens is 377 g/mol. The van der Waals surface area contributed by atoms with Gasteiger partial charge in [0.05, 0.1) is 0 Å². The van der Waals surface area contributed by atoms with Gasteiger partial charge in [-0.05, 0) is 40.1 Å². The van der Waals surface area contributed by atoms with E-state index in [0.717, 1.165) is 10.9 Å². The van der Waals surface area contributed by atoms with Gasteiger partial charge in [0.1, 0.15) is 5.75 Å². The van der Waals surface area contributed by atoms with Gasteiger partial charge in [0.15, 0.2) is 0 Å². The molecule has 4 nitrogen and oxygen atoms in total. The molecule has 1 aromatic heterocycles. The minimum absolute atomic E-state index is 0.208. The first kappa shape index (κ1) is 19.0. The number of nitrogens with one attached hydrogen (secondary N) is 1. The molecule has 2 amide bonds. The van der Waals surface area contributed by atoms with E-state index in [1.165, 1.54) is 29.0 Å². The highest BCUT2D eigenvalue weighted by Gasteiger charge is 2.30. The van der Waals surface area contributed by atoms with Crippen molar-refractivity contribution in [1.82, 2.24) is 10.2 Å². The molecule has 0 bridgehead atoms. The number of hydrogen-bond donors (Lipinski definition) is 1. The van der Waals surface area contributed by atoms with Crippen molar-refractivity contribution in [2.75, 3.05) is 7.05 Å². The van der Waals surface area contributed by atoms with Gasteiger partial charge in [0.25, 0.3) is 0 Å². The lowest BCUT2D eigenvalue weighted by Gasteiger charge is -2.18. The predicted molar refractivity (Wildman–Crippen MR) is 98.7 cm³/mol. The van der Waals surface area contributed by atoms with Crippen molar-refractivity contribution < 1.29 is 22.7 Å². The maximum absolute atomic E-state index is 12.3. The molecule has 27 heavy (non-hydrogen) atoms. The van der Waals surface area contributed by atoms with Crippen LogP contribution in [-0.2, 0) is 13.1 Å². The molecule has 0 aliphatic rings. The molecule has 1 heterocycles. The maximum Gasteiger partial charge on any atom is 0.573 e. The van der Waals surface area contributed by atoms with E-state index in [1.807, 2.05) is 29.6 Å². The van der Waals surface area contributed by atoms with Gasteiger partial charge in [0.2, 0.25) is 0 Å². The summed E-state index contributed by atoms with van der Waals surface area (Å²) in [6.45, 7) is 0.675. The van der Waals surface area contributed by atoms with E-state index >= 15 is 0 Å². The summed E-state index contributed by atoms with van der Waals surface area (Å²) in [5.41, 5.74) is 1.74. The summed E-state index contributed by atoms with van der Waals surface area (Å²) in [7, 11) is 1.70. The van der Waals surface area contributed by atoms with Gasteiger partial charge in [0, 0.05) is 24.8 Å². The fourth-order valence-electron chi connectivity index (χ4n) is 2.60. The Bertz CT molecular complexity index is 923. The summed E-state index contributed by atoms with van der Waals surface area (Å²) in [6.07, 6.45) is -4.72. The fourth-order valence-corrected chi connectivity index (χ4v) is 3.56. The first-order valence-corrected chi connectivity index (χ1v) is 8.98. The molecule has 0 spiro atoms. The second-order valence-electron chi connectivity index (χ2n) is 5.96. The summed E-state index contributed by atoms with van der Waals surface area (Å²) in [5.74, 6) is -0.293. The van der Waals surface area contributed by atoms with Crippen molar-refractivity contribution in [3.05, 3.63) is 65.0 Å². The molecule has 0 aliphatic heterocycles. The number of alkyl halides is 3. The lowest BCUT2D eigenvalue weighted by atomic mass is 10.2. The normalized spacial score (nSPS) is 11.4. The molecule has 0 radical (unpaired) electrons. The van der Waals surface area contributed by atoms with Crippen molar-refractivity contribution >= 4 is 27.5 Å². The number of halogens is 3. The minimum Gasteiger partial charge on any atom is -0.406 e. The van der Waals surface area contributed by atoms with Gasteiger partial charge < -0.3 is 15.0 Å². The summed E-state index contributed by atoms with van der Waals surface area (Å²) in [6, 6.07) is 13.1. The average Bonchev–Trinajstić information content (AvgIpc) is 3.02. The summed E-state index contributed by atoms with van der Waals surface area (Å²) < 4.78 is 41.4. The molecule has 1 N–H and O–H groups in total. The van der Waals surface area contributed by atoms with Crippen LogP contribution in [0, 0.1) is 0 Å². The number of urea groups is 1. The van der Waals surface area contributed by atoms with E-state index < -0.39 is 6.36 Å². The van der Waals surface area contributed by atoms with E-state index in [2.05, 4.69) is 10.1 Å². The number of benzene rings is 2. The topological polar surface area (TPSA) is 41.6 Å². The quantitative estimate of drug-likeness (QED) is 0.651. The Labute approximate surface area is 158 Å². The number of carbonyl (C=O) groups excluding carboxylic acids is 1. The SMILES string of the molecule is CN(Cc1csc2ccccc12)C(=O)NCc1ccc(OC(F)(F)F)cc1. The molecular formula is C19H17F3N2O2S. The van der Waals surface area contributed by atoms with E-state index in [1.54, 1.807) is 23.3 Å². The van der Waals surface area contributed by atoms with Crippen LogP contribution >= 0.6 is 11.3 Å². The number of nitrogens with zero attached hydrogens (tertiary/aromatic N) is 1. The van der Waals surface area contributed by atoms with Crippen molar-refractivity contribution in [1.29, 1.82) is 0 Å². The zero-order chi connectivity index (χ0) is 19.4. The Balaban J connectivity index is 1.54. The monoisotopic (exact) mass is 394 g/mol. The molecule has 3 aromatic rings. The van der Waals surface area contributed by atoms with Gasteiger partial charge in [-0.15, -0.1) is 24.5 Å². The molecule has 3 rings (SSSR count). The van der Waals surface area contributed by atoms with Crippen LogP contribution in [0.3, 0.4) is 0 Å². The summed E-state index contributed by atoms with van der Waals surface area (Å²) in [4.78, 5) is 13.8. The highest BCUT2D eigenvalue weighted by atomic mass is 32.1. The molecule has 0 atom stereocenters. The van der Waals surface area contributed by atoms with Crippen molar-refractivity contribution in [3.63, 3.8) is 0 Å². The van der Waals surface area contributed by atoms with Crippen LogP contribution in [0.15, 0.2) is 53.9 Å².